The Bertz CT molecular complexity index is 621. The van der Waals surface area contributed by atoms with E-state index in [1.54, 1.807) is 6.07 Å². The van der Waals surface area contributed by atoms with Crippen LogP contribution < -0.4 is 0 Å². The third-order valence-electron chi connectivity index (χ3n) is 2.95. The lowest BCUT2D eigenvalue weighted by molar-refractivity contribution is 0.0693. The van der Waals surface area contributed by atoms with Crippen molar-refractivity contribution in [1.29, 1.82) is 0 Å². The molecule has 0 radical (unpaired) electrons. The summed E-state index contributed by atoms with van der Waals surface area (Å²) in [6, 6.07) is 13.6. The molecule has 0 aromatic heterocycles. The summed E-state index contributed by atoms with van der Waals surface area (Å²) in [6.45, 7) is 4.30. The lowest BCUT2D eigenvalue weighted by Gasteiger charge is -2.09. The quantitative estimate of drug-likeness (QED) is 0.799. The van der Waals surface area contributed by atoms with Crippen molar-refractivity contribution in [1.82, 2.24) is 0 Å². The first kappa shape index (κ1) is 15.1. The number of carboxylic acid groups (broad SMARTS) is 1. The summed E-state index contributed by atoms with van der Waals surface area (Å²) in [4.78, 5) is 13.1. The molecular formula is C16H15BrO2S. The van der Waals surface area contributed by atoms with Gasteiger partial charge in [0, 0.05) is 14.3 Å². The van der Waals surface area contributed by atoms with Crippen LogP contribution in [0.3, 0.4) is 0 Å². The molecule has 2 rings (SSSR count). The number of benzene rings is 2. The molecule has 0 bridgehead atoms. The van der Waals surface area contributed by atoms with Crippen molar-refractivity contribution in [2.75, 3.05) is 0 Å². The molecule has 2 nitrogen and oxygen atoms in total. The van der Waals surface area contributed by atoms with Gasteiger partial charge in [-0.15, -0.1) is 0 Å². The second-order valence-electron chi connectivity index (χ2n) is 4.77. The SMILES string of the molecule is CC(C)c1ccc(Sc2ccc(Br)cc2C(=O)O)cc1. The standard InChI is InChI=1S/C16H15BrO2S/c1-10(2)11-3-6-13(7-4-11)20-15-8-5-12(17)9-14(15)16(18)19/h3-10H,1-2H3,(H,18,19). The Morgan fingerprint density at radius 3 is 2.35 bits per heavy atom. The molecule has 104 valence electrons. The molecule has 2 aromatic rings. The van der Waals surface area contributed by atoms with Crippen LogP contribution in [-0.2, 0) is 0 Å². The maximum atomic E-state index is 11.3. The Morgan fingerprint density at radius 1 is 1.15 bits per heavy atom. The summed E-state index contributed by atoms with van der Waals surface area (Å²) in [5.41, 5.74) is 1.60. The van der Waals surface area contributed by atoms with E-state index in [0.717, 1.165) is 14.3 Å². The van der Waals surface area contributed by atoms with Gasteiger partial charge in [-0.1, -0.05) is 53.7 Å². The number of carboxylic acids is 1. The van der Waals surface area contributed by atoms with Crippen molar-refractivity contribution >= 4 is 33.7 Å². The van der Waals surface area contributed by atoms with E-state index in [-0.39, 0.29) is 0 Å². The van der Waals surface area contributed by atoms with E-state index in [1.165, 1.54) is 17.3 Å². The fourth-order valence-corrected chi connectivity index (χ4v) is 3.09. The second-order valence-corrected chi connectivity index (χ2v) is 6.80. The molecule has 1 N–H and O–H groups in total. The van der Waals surface area contributed by atoms with Crippen LogP contribution in [0.4, 0.5) is 0 Å². The second kappa shape index (κ2) is 6.46. The van der Waals surface area contributed by atoms with Crippen molar-refractivity contribution in [3.63, 3.8) is 0 Å². The Balaban J connectivity index is 2.28. The molecule has 0 atom stereocenters. The van der Waals surface area contributed by atoms with Gasteiger partial charge in [0.2, 0.25) is 0 Å². The lowest BCUT2D eigenvalue weighted by atomic mass is 10.0. The van der Waals surface area contributed by atoms with E-state index in [0.29, 0.717) is 11.5 Å². The molecule has 0 saturated heterocycles. The Morgan fingerprint density at radius 2 is 1.80 bits per heavy atom. The van der Waals surface area contributed by atoms with Crippen LogP contribution in [0, 0.1) is 0 Å². The summed E-state index contributed by atoms with van der Waals surface area (Å²) < 4.78 is 0.773. The van der Waals surface area contributed by atoms with Gasteiger partial charge in [0.05, 0.1) is 5.56 Å². The average Bonchev–Trinajstić information content (AvgIpc) is 2.41. The van der Waals surface area contributed by atoms with Crippen LogP contribution in [0.2, 0.25) is 0 Å². The average molecular weight is 351 g/mol. The molecule has 0 aliphatic carbocycles. The number of carbonyl (C=O) groups is 1. The van der Waals surface area contributed by atoms with Gasteiger partial charge in [0.15, 0.2) is 0 Å². The number of rotatable bonds is 4. The highest BCUT2D eigenvalue weighted by Gasteiger charge is 2.12. The molecule has 0 aliphatic heterocycles. The predicted molar refractivity (Wildman–Crippen MR) is 85.8 cm³/mol. The van der Waals surface area contributed by atoms with Gasteiger partial charge in [-0.05, 0) is 41.8 Å². The highest BCUT2D eigenvalue weighted by Crippen LogP contribution is 2.32. The fraction of sp³-hybridized carbons (Fsp3) is 0.188. The number of hydrogen-bond donors (Lipinski definition) is 1. The van der Waals surface area contributed by atoms with E-state index >= 15 is 0 Å². The third-order valence-corrected chi connectivity index (χ3v) is 4.52. The molecule has 0 fully saturated rings. The van der Waals surface area contributed by atoms with E-state index in [9.17, 15) is 9.90 Å². The van der Waals surface area contributed by atoms with Crippen LogP contribution in [0.15, 0.2) is 56.7 Å². The minimum atomic E-state index is -0.910. The molecule has 4 heteroatoms. The van der Waals surface area contributed by atoms with E-state index < -0.39 is 5.97 Å². The number of aromatic carboxylic acids is 1. The van der Waals surface area contributed by atoms with Crippen molar-refractivity contribution < 1.29 is 9.90 Å². The first-order valence-corrected chi connectivity index (χ1v) is 7.89. The van der Waals surface area contributed by atoms with Gasteiger partial charge in [0.1, 0.15) is 0 Å². The Kier molecular flexibility index (Phi) is 4.89. The zero-order valence-electron chi connectivity index (χ0n) is 11.3. The van der Waals surface area contributed by atoms with Crippen LogP contribution in [0.1, 0.15) is 35.7 Å². The minimum Gasteiger partial charge on any atom is -0.478 e. The lowest BCUT2D eigenvalue weighted by Crippen LogP contribution is -1.98. The van der Waals surface area contributed by atoms with Gasteiger partial charge >= 0.3 is 5.97 Å². The fourth-order valence-electron chi connectivity index (χ4n) is 1.81. The van der Waals surface area contributed by atoms with E-state index in [4.69, 9.17) is 0 Å². The highest BCUT2D eigenvalue weighted by atomic mass is 79.9. The smallest absolute Gasteiger partial charge is 0.336 e. The maximum absolute atomic E-state index is 11.3. The first-order valence-electron chi connectivity index (χ1n) is 6.28. The van der Waals surface area contributed by atoms with E-state index in [2.05, 4.69) is 41.9 Å². The molecule has 0 spiro atoms. The topological polar surface area (TPSA) is 37.3 Å². The predicted octanol–water partition coefficient (Wildman–Crippen LogP) is 5.42. The van der Waals surface area contributed by atoms with Crippen molar-refractivity contribution in [3.05, 3.63) is 58.1 Å². The van der Waals surface area contributed by atoms with Crippen molar-refractivity contribution in [2.24, 2.45) is 0 Å². The normalized spacial score (nSPS) is 10.8. The molecule has 0 heterocycles. The summed E-state index contributed by atoms with van der Waals surface area (Å²) in [5, 5.41) is 9.25. The Labute approximate surface area is 131 Å². The number of hydrogen-bond acceptors (Lipinski definition) is 2. The maximum Gasteiger partial charge on any atom is 0.336 e. The van der Waals surface area contributed by atoms with Gasteiger partial charge in [-0.3, -0.25) is 0 Å². The zero-order valence-corrected chi connectivity index (χ0v) is 13.7. The molecule has 20 heavy (non-hydrogen) atoms. The summed E-state index contributed by atoms with van der Waals surface area (Å²) in [5.74, 6) is -0.413. The summed E-state index contributed by atoms with van der Waals surface area (Å²) in [7, 11) is 0. The third kappa shape index (κ3) is 3.64. The van der Waals surface area contributed by atoms with Crippen LogP contribution in [0.5, 0.6) is 0 Å². The molecule has 0 aliphatic rings. The molecule has 0 unspecified atom stereocenters. The van der Waals surface area contributed by atoms with Gasteiger partial charge < -0.3 is 5.11 Å². The monoisotopic (exact) mass is 350 g/mol. The van der Waals surface area contributed by atoms with Gasteiger partial charge in [-0.2, -0.15) is 0 Å². The summed E-state index contributed by atoms with van der Waals surface area (Å²) >= 11 is 4.77. The zero-order chi connectivity index (χ0) is 14.7. The largest absolute Gasteiger partial charge is 0.478 e. The van der Waals surface area contributed by atoms with Gasteiger partial charge in [0.25, 0.3) is 0 Å². The van der Waals surface area contributed by atoms with E-state index in [1.807, 2.05) is 24.3 Å². The van der Waals surface area contributed by atoms with Gasteiger partial charge in [-0.25, -0.2) is 4.79 Å². The van der Waals surface area contributed by atoms with Crippen LogP contribution in [-0.4, -0.2) is 11.1 Å². The highest BCUT2D eigenvalue weighted by molar-refractivity contribution is 9.10. The number of halogens is 1. The van der Waals surface area contributed by atoms with Crippen molar-refractivity contribution in [2.45, 2.75) is 29.6 Å². The molecule has 0 amide bonds. The first-order chi connectivity index (χ1) is 9.47. The Hall–Kier alpha value is -1.26. The molecule has 0 saturated carbocycles. The summed E-state index contributed by atoms with van der Waals surface area (Å²) in [6.07, 6.45) is 0. The molecule has 2 aromatic carbocycles. The molecular weight excluding hydrogens is 336 g/mol. The van der Waals surface area contributed by atoms with Crippen LogP contribution in [0.25, 0.3) is 0 Å². The minimum absolute atomic E-state index is 0.317. The van der Waals surface area contributed by atoms with Crippen LogP contribution >= 0.6 is 27.7 Å². The van der Waals surface area contributed by atoms with Crippen molar-refractivity contribution in [3.8, 4) is 0 Å².